The lowest BCUT2D eigenvalue weighted by atomic mass is 9.81. The van der Waals surface area contributed by atoms with Gasteiger partial charge in [0.2, 0.25) is 0 Å². The molecule has 0 aromatic rings. The third-order valence-corrected chi connectivity index (χ3v) is 6.68. The van der Waals surface area contributed by atoms with E-state index in [-0.39, 0.29) is 23.9 Å². The van der Waals surface area contributed by atoms with Gasteiger partial charge in [0.25, 0.3) is 10.2 Å². The van der Waals surface area contributed by atoms with Crippen LogP contribution in [0.25, 0.3) is 0 Å². The molecule has 0 aromatic heterocycles. The topological polar surface area (TPSA) is 66.6 Å². The van der Waals surface area contributed by atoms with Crippen LogP contribution in [0.4, 0.5) is 0 Å². The maximum atomic E-state index is 12.8. The van der Waals surface area contributed by atoms with E-state index >= 15 is 0 Å². The first-order chi connectivity index (χ1) is 9.13. The zero-order valence-electron chi connectivity index (χ0n) is 13.6. The van der Waals surface area contributed by atoms with Gasteiger partial charge in [0, 0.05) is 32.2 Å². The van der Waals surface area contributed by atoms with Gasteiger partial charge in [0.15, 0.2) is 0 Å². The summed E-state index contributed by atoms with van der Waals surface area (Å²) >= 11 is 0. The molecule has 3 unspecified atom stereocenters. The van der Waals surface area contributed by atoms with Crippen molar-refractivity contribution in [1.29, 1.82) is 0 Å². The van der Waals surface area contributed by atoms with Crippen molar-refractivity contribution in [3.05, 3.63) is 0 Å². The molecule has 0 saturated carbocycles. The molecule has 2 rings (SSSR count). The van der Waals surface area contributed by atoms with Crippen molar-refractivity contribution in [3.63, 3.8) is 0 Å². The molecule has 5 nitrogen and oxygen atoms in total. The molecule has 2 N–H and O–H groups in total. The van der Waals surface area contributed by atoms with Crippen LogP contribution in [0.1, 0.15) is 40.5 Å². The van der Waals surface area contributed by atoms with Crippen LogP contribution in [-0.2, 0) is 10.2 Å². The second-order valence-electron chi connectivity index (χ2n) is 7.49. The van der Waals surface area contributed by atoms with Crippen LogP contribution in [-0.4, -0.2) is 49.2 Å². The van der Waals surface area contributed by atoms with E-state index in [2.05, 4.69) is 27.7 Å². The average molecular weight is 340 g/mol. The quantitative estimate of drug-likeness (QED) is 0.832. The lowest BCUT2D eigenvalue weighted by molar-refractivity contribution is 0.139. The number of hydrogen-bond acceptors (Lipinski definition) is 3. The zero-order valence-corrected chi connectivity index (χ0v) is 15.2. The Kier molecular flexibility index (Phi) is 6.12. The van der Waals surface area contributed by atoms with Gasteiger partial charge in [-0.2, -0.15) is 17.0 Å². The molecule has 0 radical (unpaired) electrons. The van der Waals surface area contributed by atoms with E-state index in [4.69, 9.17) is 5.73 Å². The molecule has 0 aliphatic carbocycles. The minimum Gasteiger partial charge on any atom is -0.327 e. The summed E-state index contributed by atoms with van der Waals surface area (Å²) in [5, 5.41) is 0. The van der Waals surface area contributed by atoms with Crippen molar-refractivity contribution in [1.82, 2.24) is 8.61 Å². The van der Waals surface area contributed by atoms with Gasteiger partial charge in [0.05, 0.1) is 0 Å². The predicted octanol–water partition coefficient (Wildman–Crippen LogP) is 1.69. The van der Waals surface area contributed by atoms with Gasteiger partial charge < -0.3 is 5.73 Å². The standard InChI is InChI=1S/C14H29N3O2S.ClH/c1-11-7-12(2)9-17(8-11)20(18,19)16-6-5-13(15)14(3,4)10-16;/h11-13H,5-10,15H2,1-4H3;1H. The van der Waals surface area contributed by atoms with E-state index in [1.54, 1.807) is 8.61 Å². The first kappa shape index (κ1) is 19.2. The van der Waals surface area contributed by atoms with Crippen LogP contribution in [0.5, 0.6) is 0 Å². The number of nitrogens with zero attached hydrogens (tertiary/aromatic N) is 2. The first-order valence-corrected chi connectivity index (χ1v) is 9.03. The number of hydrogen-bond donors (Lipinski definition) is 1. The fraction of sp³-hybridized carbons (Fsp3) is 1.00. The van der Waals surface area contributed by atoms with E-state index in [0.29, 0.717) is 38.0 Å². The maximum absolute atomic E-state index is 12.8. The summed E-state index contributed by atoms with van der Waals surface area (Å²) in [7, 11) is -3.33. The lowest BCUT2D eigenvalue weighted by Crippen LogP contribution is -2.58. The predicted molar refractivity (Wildman–Crippen MR) is 88.6 cm³/mol. The maximum Gasteiger partial charge on any atom is 0.282 e. The SMILES string of the molecule is CC1CC(C)CN(S(=O)(=O)N2CCC(N)C(C)(C)C2)C1.Cl. The Balaban J connectivity index is 0.00000220. The summed E-state index contributed by atoms with van der Waals surface area (Å²) in [6.07, 6.45) is 1.85. The van der Waals surface area contributed by atoms with Crippen molar-refractivity contribution in [2.45, 2.75) is 46.6 Å². The largest absolute Gasteiger partial charge is 0.327 e. The molecule has 0 aromatic carbocycles. The summed E-state index contributed by atoms with van der Waals surface area (Å²) in [6, 6.07) is 0.0770. The molecule has 126 valence electrons. The molecule has 21 heavy (non-hydrogen) atoms. The van der Waals surface area contributed by atoms with Crippen molar-refractivity contribution in [2.75, 3.05) is 26.2 Å². The fourth-order valence-electron chi connectivity index (χ4n) is 3.48. The Morgan fingerprint density at radius 3 is 2.10 bits per heavy atom. The minimum atomic E-state index is -3.33. The van der Waals surface area contributed by atoms with E-state index in [1.807, 2.05) is 0 Å². The van der Waals surface area contributed by atoms with Crippen LogP contribution < -0.4 is 5.73 Å². The van der Waals surface area contributed by atoms with Gasteiger partial charge >= 0.3 is 0 Å². The Morgan fingerprint density at radius 2 is 1.62 bits per heavy atom. The van der Waals surface area contributed by atoms with Gasteiger partial charge in [-0.25, -0.2) is 0 Å². The van der Waals surface area contributed by atoms with Gasteiger partial charge in [0.1, 0.15) is 0 Å². The molecule has 0 amide bonds. The van der Waals surface area contributed by atoms with Gasteiger partial charge in [-0.3, -0.25) is 0 Å². The van der Waals surface area contributed by atoms with Crippen LogP contribution in [0.15, 0.2) is 0 Å². The highest BCUT2D eigenvalue weighted by Crippen LogP contribution is 2.32. The first-order valence-electron chi connectivity index (χ1n) is 7.63. The molecule has 2 saturated heterocycles. The third kappa shape index (κ3) is 4.10. The Bertz CT molecular complexity index is 445. The second-order valence-corrected chi connectivity index (χ2v) is 9.42. The molecule has 3 atom stereocenters. The van der Waals surface area contributed by atoms with Crippen molar-refractivity contribution >= 4 is 22.6 Å². The van der Waals surface area contributed by atoms with E-state index in [9.17, 15) is 8.42 Å². The number of piperidine rings is 2. The van der Waals surface area contributed by atoms with E-state index in [1.165, 1.54) is 0 Å². The van der Waals surface area contributed by atoms with Crippen LogP contribution in [0, 0.1) is 17.3 Å². The summed E-state index contributed by atoms with van der Waals surface area (Å²) in [4.78, 5) is 0. The molecule has 0 bridgehead atoms. The average Bonchev–Trinajstić information content (AvgIpc) is 2.31. The van der Waals surface area contributed by atoms with Crippen molar-refractivity contribution in [2.24, 2.45) is 23.0 Å². The Hall–Kier alpha value is 0.120. The van der Waals surface area contributed by atoms with Gasteiger partial charge in [-0.15, -0.1) is 12.4 Å². The number of halogens is 1. The summed E-state index contributed by atoms with van der Waals surface area (Å²) in [6.45, 7) is 10.7. The van der Waals surface area contributed by atoms with Crippen LogP contribution in [0.3, 0.4) is 0 Å². The molecule has 7 heteroatoms. The van der Waals surface area contributed by atoms with Gasteiger partial charge in [-0.05, 0) is 30.1 Å². The van der Waals surface area contributed by atoms with Crippen LogP contribution >= 0.6 is 12.4 Å². The molecule has 2 fully saturated rings. The Labute approximate surface area is 135 Å². The van der Waals surface area contributed by atoms with Crippen LogP contribution in [0.2, 0.25) is 0 Å². The number of nitrogens with two attached hydrogens (primary N) is 1. The highest BCUT2D eigenvalue weighted by molar-refractivity contribution is 7.86. The molecular formula is C14H30ClN3O2S. The minimum absolute atomic E-state index is 0. The van der Waals surface area contributed by atoms with E-state index < -0.39 is 10.2 Å². The summed E-state index contributed by atoms with van der Waals surface area (Å²) in [5.41, 5.74) is 5.95. The normalized spacial score (nSPS) is 35.2. The summed E-state index contributed by atoms with van der Waals surface area (Å²) in [5.74, 6) is 0.877. The molecule has 2 heterocycles. The second kappa shape index (κ2) is 6.71. The lowest BCUT2D eigenvalue weighted by Gasteiger charge is -2.44. The summed E-state index contributed by atoms with van der Waals surface area (Å²) < 4.78 is 29.0. The molecular weight excluding hydrogens is 310 g/mol. The van der Waals surface area contributed by atoms with E-state index in [0.717, 1.165) is 12.8 Å². The molecule has 2 aliphatic rings. The third-order valence-electron chi connectivity index (χ3n) is 4.77. The highest BCUT2D eigenvalue weighted by atomic mass is 35.5. The zero-order chi connectivity index (χ0) is 15.1. The van der Waals surface area contributed by atoms with Crippen molar-refractivity contribution < 1.29 is 8.42 Å². The number of rotatable bonds is 2. The highest BCUT2D eigenvalue weighted by Gasteiger charge is 2.41. The molecule has 2 aliphatic heterocycles. The Morgan fingerprint density at radius 1 is 1.10 bits per heavy atom. The molecule has 0 spiro atoms. The van der Waals surface area contributed by atoms with Gasteiger partial charge in [-0.1, -0.05) is 27.7 Å². The van der Waals surface area contributed by atoms with Crippen molar-refractivity contribution in [3.8, 4) is 0 Å². The fourth-order valence-corrected chi connectivity index (χ4v) is 5.52. The smallest absolute Gasteiger partial charge is 0.282 e. The monoisotopic (exact) mass is 339 g/mol.